The van der Waals surface area contributed by atoms with Gasteiger partial charge < -0.3 is 24.8 Å². The maximum atomic E-state index is 10.6. The molecule has 0 aliphatic carbocycles. The maximum Gasteiger partial charge on any atom is 0.490 e. The number of morpholine rings is 1. The van der Waals surface area contributed by atoms with Gasteiger partial charge in [0.25, 0.3) is 0 Å². The van der Waals surface area contributed by atoms with Gasteiger partial charge in [0, 0.05) is 64.1 Å². The number of ether oxygens (including phenoxy) is 2. The molecule has 2 fully saturated rings. The highest BCUT2D eigenvalue weighted by Crippen LogP contribution is 2.25. The second-order valence-electron chi connectivity index (χ2n) is 9.63. The monoisotopic (exact) mass is 696 g/mol. The molecule has 0 amide bonds. The van der Waals surface area contributed by atoms with Crippen molar-refractivity contribution in [2.45, 2.75) is 37.2 Å². The predicted octanol–water partition coefficient (Wildman–Crippen LogP) is 3.48. The summed E-state index contributed by atoms with van der Waals surface area (Å²) in [5, 5.41) is 21.4. The molecule has 2 aromatic rings. The molecule has 4 rings (SSSR count). The Balaban J connectivity index is 0.000000430. The van der Waals surface area contributed by atoms with E-state index in [0.29, 0.717) is 6.61 Å². The third-order valence-corrected chi connectivity index (χ3v) is 5.79. The van der Waals surface area contributed by atoms with Gasteiger partial charge in [-0.2, -0.15) is 39.5 Å². The number of aliphatic carboxylic acids is 3. The fourth-order valence-electron chi connectivity index (χ4n) is 3.85. The first-order valence-electron chi connectivity index (χ1n) is 13.0. The Morgan fingerprint density at radius 3 is 1.30 bits per heavy atom. The molecule has 1 spiro atoms. The van der Waals surface area contributed by atoms with Crippen molar-refractivity contribution in [1.82, 2.24) is 19.8 Å². The van der Waals surface area contributed by atoms with E-state index in [1.807, 2.05) is 24.8 Å². The van der Waals surface area contributed by atoms with E-state index in [4.69, 9.17) is 39.2 Å². The summed E-state index contributed by atoms with van der Waals surface area (Å²) < 4.78 is 107. The van der Waals surface area contributed by atoms with Gasteiger partial charge >= 0.3 is 36.4 Å². The van der Waals surface area contributed by atoms with Gasteiger partial charge in [-0.15, -0.1) is 0 Å². The first kappa shape index (κ1) is 40.9. The van der Waals surface area contributed by atoms with Crippen molar-refractivity contribution in [3.05, 3.63) is 60.2 Å². The zero-order valence-corrected chi connectivity index (χ0v) is 24.1. The van der Waals surface area contributed by atoms with Crippen LogP contribution in [0.4, 0.5) is 39.5 Å². The summed E-state index contributed by atoms with van der Waals surface area (Å²) in [6.07, 6.45) is -7.83. The Morgan fingerprint density at radius 2 is 0.979 bits per heavy atom. The number of rotatable bonds is 4. The molecule has 1 unspecified atom stereocenters. The molecule has 0 bridgehead atoms. The minimum absolute atomic E-state index is 0.255. The summed E-state index contributed by atoms with van der Waals surface area (Å²) >= 11 is 0. The van der Waals surface area contributed by atoms with E-state index in [0.717, 1.165) is 52.5 Å². The molecule has 2 aliphatic rings. The van der Waals surface area contributed by atoms with Crippen LogP contribution >= 0.6 is 0 Å². The number of carboxylic acid groups (broad SMARTS) is 3. The zero-order chi connectivity index (χ0) is 35.9. The zero-order valence-electron chi connectivity index (χ0n) is 24.1. The predicted molar refractivity (Wildman–Crippen MR) is 140 cm³/mol. The molecular formula is C26H29F9N4O8. The number of carbonyl (C=O) groups is 3. The Bertz CT molecular complexity index is 1200. The smallest absolute Gasteiger partial charge is 0.475 e. The summed E-state index contributed by atoms with van der Waals surface area (Å²) in [6, 6.07) is 8.33. The van der Waals surface area contributed by atoms with E-state index in [-0.39, 0.29) is 5.60 Å². The Morgan fingerprint density at radius 1 is 0.660 bits per heavy atom. The molecule has 47 heavy (non-hydrogen) atoms. The Hall–Kier alpha value is -4.08. The topological polar surface area (TPSA) is 163 Å². The lowest BCUT2D eigenvalue weighted by atomic mass is 10.0. The molecule has 3 N–H and O–H groups in total. The summed E-state index contributed by atoms with van der Waals surface area (Å²) in [4.78, 5) is 39.8. The lowest BCUT2D eigenvalue weighted by Crippen LogP contribution is -2.58. The number of pyridine rings is 2. The van der Waals surface area contributed by atoms with Crippen molar-refractivity contribution in [2.24, 2.45) is 0 Å². The number of alkyl halides is 9. The van der Waals surface area contributed by atoms with Crippen LogP contribution in [-0.2, 0) is 36.9 Å². The molecule has 1 atom stereocenters. The molecule has 0 radical (unpaired) electrons. The SMILES string of the molecule is O=C(O)C(F)(F)F.O=C(O)C(F)(F)F.O=C(O)C(F)(F)F.c1cc(CN2CCOCC3(C2)CN(Cc2ccncc2)CCO3)ccn1. The van der Waals surface area contributed by atoms with Gasteiger partial charge in [-0.05, 0) is 35.4 Å². The van der Waals surface area contributed by atoms with Crippen molar-refractivity contribution in [3.63, 3.8) is 0 Å². The summed E-state index contributed by atoms with van der Waals surface area (Å²) in [6.45, 7) is 7.65. The Kier molecular flexibility index (Phi) is 15.9. The van der Waals surface area contributed by atoms with Crippen molar-refractivity contribution in [2.75, 3.05) is 46.0 Å². The summed E-state index contributed by atoms with van der Waals surface area (Å²) in [7, 11) is 0. The van der Waals surface area contributed by atoms with Gasteiger partial charge in [0.15, 0.2) is 0 Å². The van der Waals surface area contributed by atoms with Crippen LogP contribution < -0.4 is 0 Å². The van der Waals surface area contributed by atoms with Gasteiger partial charge in [-0.3, -0.25) is 19.8 Å². The fraction of sp³-hybridized carbons (Fsp3) is 0.500. The molecule has 2 aliphatic heterocycles. The normalized spacial score (nSPS) is 19.0. The molecule has 21 heteroatoms. The molecule has 2 aromatic heterocycles. The van der Waals surface area contributed by atoms with Crippen LogP contribution in [0.1, 0.15) is 11.1 Å². The van der Waals surface area contributed by atoms with Crippen molar-refractivity contribution in [3.8, 4) is 0 Å². The van der Waals surface area contributed by atoms with Crippen molar-refractivity contribution < 1.29 is 78.7 Å². The van der Waals surface area contributed by atoms with Crippen LogP contribution in [0.15, 0.2) is 49.1 Å². The summed E-state index contributed by atoms with van der Waals surface area (Å²) in [5.74, 6) is -8.27. The van der Waals surface area contributed by atoms with Crippen LogP contribution in [0.3, 0.4) is 0 Å². The van der Waals surface area contributed by atoms with Crippen LogP contribution in [-0.4, -0.2) is 123 Å². The van der Waals surface area contributed by atoms with Crippen LogP contribution in [0, 0.1) is 0 Å². The fourth-order valence-corrected chi connectivity index (χ4v) is 3.85. The van der Waals surface area contributed by atoms with E-state index in [1.54, 1.807) is 0 Å². The lowest BCUT2D eigenvalue weighted by molar-refractivity contribution is -0.193. The first-order chi connectivity index (χ1) is 21.6. The number of hydrogen-bond acceptors (Lipinski definition) is 9. The average molecular weight is 697 g/mol. The second kappa shape index (κ2) is 18.3. The average Bonchev–Trinajstić information content (AvgIpc) is 3.15. The van der Waals surface area contributed by atoms with Crippen LogP contribution in [0.2, 0.25) is 0 Å². The molecular weight excluding hydrogens is 667 g/mol. The molecule has 264 valence electrons. The minimum atomic E-state index is -5.08. The third kappa shape index (κ3) is 16.9. The standard InChI is InChI=1S/C20H26N4O2.3C2HF3O2/c1-5-21-6-2-18(1)13-23-9-11-25-17-20(15-23)16-24(10-12-26-20)14-19-3-7-22-8-4-19;3*3-2(4,5)1(6)7/h1-8H,9-17H2;3*(H,6,7). The molecule has 4 heterocycles. The number of nitrogens with zero attached hydrogens (tertiary/aromatic N) is 4. The molecule has 2 saturated heterocycles. The first-order valence-corrected chi connectivity index (χ1v) is 13.0. The highest BCUT2D eigenvalue weighted by Gasteiger charge is 2.41. The van der Waals surface area contributed by atoms with E-state index in [2.05, 4.69) is 44.0 Å². The number of carboxylic acids is 3. The molecule has 12 nitrogen and oxygen atoms in total. The van der Waals surface area contributed by atoms with E-state index >= 15 is 0 Å². The van der Waals surface area contributed by atoms with E-state index in [9.17, 15) is 39.5 Å². The van der Waals surface area contributed by atoms with Crippen LogP contribution in [0.5, 0.6) is 0 Å². The number of hydrogen-bond donors (Lipinski definition) is 3. The highest BCUT2D eigenvalue weighted by molar-refractivity contribution is 5.73. The Labute approximate surface area is 260 Å². The van der Waals surface area contributed by atoms with Gasteiger partial charge in [0.05, 0.1) is 19.8 Å². The van der Waals surface area contributed by atoms with Crippen molar-refractivity contribution in [1.29, 1.82) is 0 Å². The van der Waals surface area contributed by atoms with Gasteiger partial charge in [0.2, 0.25) is 0 Å². The quantitative estimate of drug-likeness (QED) is 0.400. The minimum Gasteiger partial charge on any atom is -0.475 e. The number of aromatic nitrogens is 2. The summed E-state index contributed by atoms with van der Waals surface area (Å²) in [5.41, 5.74) is 2.32. The maximum absolute atomic E-state index is 10.6. The second-order valence-corrected chi connectivity index (χ2v) is 9.63. The third-order valence-electron chi connectivity index (χ3n) is 5.79. The molecule has 0 aromatic carbocycles. The highest BCUT2D eigenvalue weighted by atomic mass is 19.4. The van der Waals surface area contributed by atoms with E-state index < -0.39 is 36.4 Å². The van der Waals surface area contributed by atoms with E-state index in [1.165, 1.54) is 11.1 Å². The van der Waals surface area contributed by atoms with Gasteiger partial charge in [-0.1, -0.05) is 0 Å². The van der Waals surface area contributed by atoms with Gasteiger partial charge in [0.1, 0.15) is 5.60 Å². The largest absolute Gasteiger partial charge is 0.490 e. The lowest BCUT2D eigenvalue weighted by Gasteiger charge is -2.43. The van der Waals surface area contributed by atoms with Crippen molar-refractivity contribution >= 4 is 17.9 Å². The molecule has 0 saturated carbocycles. The number of halogens is 9. The van der Waals surface area contributed by atoms with Crippen LogP contribution in [0.25, 0.3) is 0 Å². The van der Waals surface area contributed by atoms with Gasteiger partial charge in [-0.25, -0.2) is 14.4 Å².